The lowest BCUT2D eigenvalue weighted by Crippen LogP contribution is -2.47. The van der Waals surface area contributed by atoms with Crippen molar-refractivity contribution in [2.24, 2.45) is 0 Å². The molecule has 1 fully saturated rings. The van der Waals surface area contributed by atoms with Crippen molar-refractivity contribution in [3.63, 3.8) is 0 Å². The molecule has 166 valence electrons. The number of aromatic hydroxyl groups is 1. The van der Waals surface area contributed by atoms with Gasteiger partial charge in [-0.2, -0.15) is 0 Å². The Morgan fingerprint density at radius 2 is 1.82 bits per heavy atom. The van der Waals surface area contributed by atoms with Crippen LogP contribution in [0.15, 0.2) is 73.2 Å². The molecule has 3 N–H and O–H groups in total. The van der Waals surface area contributed by atoms with Crippen molar-refractivity contribution in [1.82, 2.24) is 20.2 Å². The number of amides is 3. The van der Waals surface area contributed by atoms with Gasteiger partial charge in [0.05, 0.1) is 6.54 Å². The van der Waals surface area contributed by atoms with Gasteiger partial charge in [-0.25, -0.2) is 9.18 Å². The van der Waals surface area contributed by atoms with Crippen LogP contribution in [-0.2, 0) is 23.5 Å². The summed E-state index contributed by atoms with van der Waals surface area (Å²) in [6.45, 7) is 0.268. The maximum Gasteiger partial charge on any atom is 0.322 e. The molecular weight excluding hydrogens is 427 g/mol. The maximum atomic E-state index is 13.5. The summed E-state index contributed by atoms with van der Waals surface area (Å²) < 4.78 is 20.8. The van der Waals surface area contributed by atoms with Gasteiger partial charge < -0.3 is 19.7 Å². The zero-order valence-electron chi connectivity index (χ0n) is 17.3. The molecule has 5 rings (SSSR count). The molecule has 0 aliphatic carbocycles. The number of aromatic nitrogens is 2. The first-order chi connectivity index (χ1) is 15.9. The molecule has 4 aromatic rings. The van der Waals surface area contributed by atoms with E-state index in [2.05, 4.69) is 15.6 Å². The van der Waals surface area contributed by atoms with Gasteiger partial charge in [0.25, 0.3) is 5.91 Å². The fourth-order valence-corrected chi connectivity index (χ4v) is 3.98. The Balaban J connectivity index is 1.47. The fourth-order valence-electron chi connectivity index (χ4n) is 3.98. The third-order valence-electron chi connectivity index (χ3n) is 5.67. The van der Waals surface area contributed by atoms with Crippen LogP contribution in [0.5, 0.6) is 11.6 Å². The van der Waals surface area contributed by atoms with Gasteiger partial charge in [0.2, 0.25) is 0 Å². The molecule has 0 spiro atoms. The molecule has 0 radical (unpaired) electrons. The predicted molar refractivity (Wildman–Crippen MR) is 117 cm³/mol. The fraction of sp³-hybridized carbons (Fsp3) is 0.125. The first-order valence-electron chi connectivity index (χ1n) is 10.2. The van der Waals surface area contributed by atoms with Crippen molar-refractivity contribution < 1.29 is 23.8 Å². The van der Waals surface area contributed by atoms with E-state index in [9.17, 15) is 19.1 Å². The summed E-state index contributed by atoms with van der Waals surface area (Å²) in [6, 6.07) is 13.6. The Morgan fingerprint density at radius 1 is 1.06 bits per heavy atom. The highest BCUT2D eigenvalue weighted by Crippen LogP contribution is 2.34. The van der Waals surface area contributed by atoms with Gasteiger partial charge in [-0.05, 0) is 53.6 Å². The maximum absolute atomic E-state index is 13.5. The SMILES string of the molecule is O=C1NC(=O)C(Cn2cc3cc(OCc4ccncc4)ccc3c2O)(c2ccc(F)cc2)N1. The van der Waals surface area contributed by atoms with Crippen LogP contribution in [0.2, 0.25) is 0 Å². The Bertz CT molecular complexity index is 1350. The Morgan fingerprint density at radius 3 is 2.52 bits per heavy atom. The number of imide groups is 1. The van der Waals surface area contributed by atoms with Gasteiger partial charge in [-0.15, -0.1) is 0 Å². The number of ether oxygens (including phenoxy) is 1. The number of urea groups is 1. The summed E-state index contributed by atoms with van der Waals surface area (Å²) in [5.74, 6) is -0.511. The summed E-state index contributed by atoms with van der Waals surface area (Å²) in [6.07, 6.45) is 5.05. The van der Waals surface area contributed by atoms with E-state index in [0.717, 1.165) is 5.56 Å². The summed E-state index contributed by atoms with van der Waals surface area (Å²) in [5, 5.41) is 16.9. The zero-order chi connectivity index (χ0) is 23.0. The number of rotatable bonds is 6. The van der Waals surface area contributed by atoms with Crippen molar-refractivity contribution in [3.8, 4) is 11.6 Å². The molecule has 33 heavy (non-hydrogen) atoms. The van der Waals surface area contributed by atoms with Gasteiger partial charge in [0, 0.05) is 29.4 Å². The van der Waals surface area contributed by atoms with E-state index in [-0.39, 0.29) is 12.4 Å². The number of carbonyl (C=O) groups excluding carboxylic acids is 2. The van der Waals surface area contributed by atoms with Crippen molar-refractivity contribution >= 4 is 22.7 Å². The van der Waals surface area contributed by atoms with Gasteiger partial charge in [-0.1, -0.05) is 12.1 Å². The number of nitrogens with zero attached hydrogens (tertiary/aromatic N) is 2. The number of nitrogens with one attached hydrogen (secondary N) is 2. The quantitative estimate of drug-likeness (QED) is 0.395. The monoisotopic (exact) mass is 446 g/mol. The Kier molecular flexibility index (Phi) is 4.93. The molecule has 1 saturated heterocycles. The lowest BCUT2D eigenvalue weighted by Gasteiger charge is -2.27. The number of halogens is 1. The van der Waals surface area contributed by atoms with E-state index in [1.807, 2.05) is 12.1 Å². The minimum Gasteiger partial charge on any atom is -0.494 e. The molecule has 1 aliphatic rings. The second-order valence-corrected chi connectivity index (χ2v) is 7.79. The summed E-state index contributed by atoms with van der Waals surface area (Å²) in [7, 11) is 0. The molecule has 1 aliphatic heterocycles. The second kappa shape index (κ2) is 7.94. The third-order valence-corrected chi connectivity index (χ3v) is 5.67. The molecule has 2 aromatic heterocycles. The van der Waals surface area contributed by atoms with Crippen molar-refractivity contribution in [3.05, 3.63) is 90.1 Å². The average molecular weight is 446 g/mol. The first kappa shape index (κ1) is 20.5. The van der Waals surface area contributed by atoms with Crippen LogP contribution in [0.1, 0.15) is 11.1 Å². The number of carbonyl (C=O) groups is 2. The lowest BCUT2D eigenvalue weighted by atomic mass is 9.89. The molecule has 9 heteroatoms. The predicted octanol–water partition coefficient (Wildman–Crippen LogP) is 3.19. The highest BCUT2D eigenvalue weighted by Gasteiger charge is 2.48. The number of pyridine rings is 1. The highest BCUT2D eigenvalue weighted by atomic mass is 19.1. The van der Waals surface area contributed by atoms with Crippen LogP contribution in [0.4, 0.5) is 9.18 Å². The summed E-state index contributed by atoms with van der Waals surface area (Å²) in [4.78, 5) is 28.7. The van der Waals surface area contributed by atoms with Crippen LogP contribution in [0.3, 0.4) is 0 Å². The summed E-state index contributed by atoms with van der Waals surface area (Å²) in [5.41, 5.74) is -0.140. The standard InChI is InChI=1S/C24H19FN4O4/c25-18-3-1-17(2-4-18)24(22(31)27-23(32)28-24)14-29-12-16-11-19(5-6-20(16)21(29)30)33-13-15-7-9-26-10-8-15/h1-12,30H,13-14H2,(H2,27,28,31,32). The highest BCUT2D eigenvalue weighted by molar-refractivity contribution is 6.07. The van der Waals surface area contributed by atoms with Crippen LogP contribution < -0.4 is 15.4 Å². The van der Waals surface area contributed by atoms with Crippen molar-refractivity contribution in [1.29, 1.82) is 0 Å². The van der Waals surface area contributed by atoms with Gasteiger partial charge in [0.1, 0.15) is 18.2 Å². The molecule has 0 saturated carbocycles. The molecule has 3 amide bonds. The first-order valence-corrected chi connectivity index (χ1v) is 10.2. The smallest absolute Gasteiger partial charge is 0.322 e. The average Bonchev–Trinajstić information content (AvgIpc) is 3.28. The number of benzene rings is 2. The largest absolute Gasteiger partial charge is 0.494 e. The van der Waals surface area contributed by atoms with Crippen molar-refractivity contribution in [2.75, 3.05) is 0 Å². The van der Waals surface area contributed by atoms with Crippen LogP contribution in [-0.4, -0.2) is 26.6 Å². The van der Waals surface area contributed by atoms with Gasteiger partial charge in [0.15, 0.2) is 11.4 Å². The van der Waals surface area contributed by atoms with Gasteiger partial charge in [-0.3, -0.25) is 15.1 Å². The van der Waals surface area contributed by atoms with E-state index in [1.165, 1.54) is 28.8 Å². The van der Waals surface area contributed by atoms with E-state index >= 15 is 0 Å². The molecule has 0 bridgehead atoms. The second-order valence-electron chi connectivity index (χ2n) is 7.79. The molecular formula is C24H19FN4O4. The third kappa shape index (κ3) is 3.73. The van der Waals surface area contributed by atoms with E-state index < -0.39 is 23.3 Å². The molecule has 1 atom stereocenters. The summed E-state index contributed by atoms with van der Waals surface area (Å²) >= 11 is 0. The lowest BCUT2D eigenvalue weighted by molar-refractivity contribution is -0.124. The molecule has 1 unspecified atom stereocenters. The van der Waals surface area contributed by atoms with Crippen LogP contribution >= 0.6 is 0 Å². The normalized spacial score (nSPS) is 17.7. The minimum atomic E-state index is -1.50. The van der Waals surface area contributed by atoms with Gasteiger partial charge >= 0.3 is 6.03 Å². The van der Waals surface area contributed by atoms with Crippen LogP contribution in [0.25, 0.3) is 10.8 Å². The molecule has 3 heterocycles. The Labute approximate surface area is 187 Å². The van der Waals surface area contributed by atoms with E-state index in [4.69, 9.17) is 4.74 Å². The number of hydrogen-bond donors (Lipinski definition) is 3. The minimum absolute atomic E-state index is 0.0684. The topological polar surface area (TPSA) is 105 Å². The van der Waals surface area contributed by atoms with E-state index in [1.54, 1.807) is 36.8 Å². The zero-order valence-corrected chi connectivity index (χ0v) is 17.3. The molecule has 8 nitrogen and oxygen atoms in total. The number of hydrogen-bond acceptors (Lipinski definition) is 5. The van der Waals surface area contributed by atoms with E-state index in [0.29, 0.717) is 28.7 Å². The van der Waals surface area contributed by atoms with Crippen molar-refractivity contribution in [2.45, 2.75) is 18.7 Å². The van der Waals surface area contributed by atoms with Crippen LogP contribution in [0, 0.1) is 5.82 Å². The molecule has 2 aromatic carbocycles. The number of fused-ring (bicyclic) bond motifs is 1. The Hall–Kier alpha value is -4.40.